The van der Waals surface area contributed by atoms with Crippen LogP contribution in [-0.2, 0) is 7.05 Å². The van der Waals surface area contributed by atoms with Gasteiger partial charge in [-0.3, -0.25) is 4.68 Å². The van der Waals surface area contributed by atoms with Crippen LogP contribution in [-0.4, -0.2) is 45.7 Å². The smallest absolute Gasteiger partial charge is 0.151 e. The molecule has 1 saturated heterocycles. The first kappa shape index (κ1) is 19.1. The Kier molecular flexibility index (Phi) is 4.64. The molecule has 1 saturated carbocycles. The average molecular weight is 435 g/mol. The quantitative estimate of drug-likeness (QED) is 0.604. The maximum absolute atomic E-state index is 6.34. The SMILES string of the molecule is Cn1cc(-c2ccc(N3CCC(N4CC(C5CC5)c5cc(Cl)ccc54)CC3)nn2)cn1. The zero-order chi connectivity index (χ0) is 20.9. The molecule has 0 amide bonds. The summed E-state index contributed by atoms with van der Waals surface area (Å²) in [7, 11) is 1.91. The Morgan fingerprint density at radius 1 is 1.00 bits per heavy atom. The van der Waals surface area contributed by atoms with Crippen molar-refractivity contribution in [2.24, 2.45) is 13.0 Å². The van der Waals surface area contributed by atoms with E-state index < -0.39 is 0 Å². The molecule has 2 aliphatic heterocycles. The molecule has 1 unspecified atom stereocenters. The number of aryl methyl sites for hydroxylation is 1. The Hall–Kier alpha value is -2.60. The summed E-state index contributed by atoms with van der Waals surface area (Å²) < 4.78 is 1.79. The van der Waals surface area contributed by atoms with E-state index in [9.17, 15) is 0 Å². The van der Waals surface area contributed by atoms with Crippen LogP contribution >= 0.6 is 11.6 Å². The van der Waals surface area contributed by atoms with Gasteiger partial charge in [0.1, 0.15) is 0 Å². The molecule has 2 fully saturated rings. The van der Waals surface area contributed by atoms with Crippen LogP contribution in [0.15, 0.2) is 42.7 Å². The van der Waals surface area contributed by atoms with Gasteiger partial charge in [0.2, 0.25) is 0 Å². The number of nitrogens with zero attached hydrogens (tertiary/aromatic N) is 6. The van der Waals surface area contributed by atoms with E-state index in [1.54, 1.807) is 4.68 Å². The normalized spacial score (nSPS) is 21.5. The standard InChI is InChI=1S/C24H27ClN6/c1-29-14-17(13-26-29)22-5-7-24(28-27-22)30-10-8-19(9-11-30)31-15-21(16-2-3-16)20-12-18(25)4-6-23(20)31/h4-7,12-14,16,19,21H,2-3,8-11,15H2,1H3. The number of fused-ring (bicyclic) bond motifs is 1. The molecule has 6 rings (SSSR count). The number of hydrogen-bond donors (Lipinski definition) is 0. The van der Waals surface area contributed by atoms with Crippen molar-refractivity contribution < 1.29 is 0 Å². The van der Waals surface area contributed by atoms with Gasteiger partial charge in [-0.15, -0.1) is 10.2 Å². The summed E-state index contributed by atoms with van der Waals surface area (Å²) in [6.45, 7) is 3.18. The number of anilines is 2. The van der Waals surface area contributed by atoms with Crippen LogP contribution < -0.4 is 9.80 Å². The topological polar surface area (TPSA) is 50.1 Å². The lowest BCUT2D eigenvalue weighted by atomic mass is 9.96. The minimum absolute atomic E-state index is 0.586. The molecule has 2 aromatic heterocycles. The van der Waals surface area contributed by atoms with Crippen molar-refractivity contribution >= 4 is 23.1 Å². The Balaban J connectivity index is 1.14. The predicted molar refractivity (Wildman–Crippen MR) is 124 cm³/mol. The van der Waals surface area contributed by atoms with E-state index in [1.165, 1.54) is 24.1 Å². The van der Waals surface area contributed by atoms with Gasteiger partial charge in [-0.2, -0.15) is 5.10 Å². The summed E-state index contributed by atoms with van der Waals surface area (Å²) in [6.07, 6.45) is 8.82. The van der Waals surface area contributed by atoms with Crippen LogP contribution in [0.3, 0.4) is 0 Å². The number of aromatic nitrogens is 4. The highest BCUT2D eigenvalue weighted by molar-refractivity contribution is 6.30. The molecule has 31 heavy (non-hydrogen) atoms. The van der Waals surface area contributed by atoms with E-state index in [-0.39, 0.29) is 0 Å². The molecule has 1 atom stereocenters. The first-order valence-corrected chi connectivity index (χ1v) is 11.7. The largest absolute Gasteiger partial charge is 0.368 e. The number of piperidine rings is 1. The predicted octanol–water partition coefficient (Wildman–Crippen LogP) is 4.51. The molecule has 1 aromatic carbocycles. The van der Waals surface area contributed by atoms with Gasteiger partial charge >= 0.3 is 0 Å². The van der Waals surface area contributed by atoms with E-state index in [4.69, 9.17) is 11.6 Å². The van der Waals surface area contributed by atoms with Crippen LogP contribution in [0.1, 0.15) is 37.2 Å². The average Bonchev–Trinajstić information content (AvgIpc) is 3.44. The van der Waals surface area contributed by atoms with Crippen LogP contribution in [0.2, 0.25) is 5.02 Å². The van der Waals surface area contributed by atoms with Gasteiger partial charge in [0.25, 0.3) is 0 Å². The van der Waals surface area contributed by atoms with Crippen LogP contribution in [0.4, 0.5) is 11.5 Å². The fraction of sp³-hybridized carbons (Fsp3) is 0.458. The molecular weight excluding hydrogens is 408 g/mol. The molecule has 160 valence electrons. The van der Waals surface area contributed by atoms with E-state index in [0.29, 0.717) is 12.0 Å². The van der Waals surface area contributed by atoms with Crippen molar-refractivity contribution in [1.29, 1.82) is 0 Å². The van der Waals surface area contributed by atoms with Gasteiger partial charge in [-0.1, -0.05) is 11.6 Å². The van der Waals surface area contributed by atoms with Crippen molar-refractivity contribution in [1.82, 2.24) is 20.0 Å². The zero-order valence-electron chi connectivity index (χ0n) is 17.8. The molecule has 7 heteroatoms. The summed E-state index contributed by atoms with van der Waals surface area (Å²) in [4.78, 5) is 5.04. The first-order chi connectivity index (χ1) is 15.2. The fourth-order valence-electron chi connectivity index (χ4n) is 5.35. The minimum Gasteiger partial charge on any atom is -0.368 e. The van der Waals surface area contributed by atoms with Gasteiger partial charge in [-0.25, -0.2) is 0 Å². The molecule has 0 N–H and O–H groups in total. The van der Waals surface area contributed by atoms with Crippen molar-refractivity contribution in [2.75, 3.05) is 29.4 Å². The number of rotatable bonds is 4. The van der Waals surface area contributed by atoms with Crippen LogP contribution in [0.5, 0.6) is 0 Å². The maximum Gasteiger partial charge on any atom is 0.151 e. The van der Waals surface area contributed by atoms with Crippen molar-refractivity contribution in [2.45, 2.75) is 37.6 Å². The zero-order valence-corrected chi connectivity index (χ0v) is 18.5. The highest BCUT2D eigenvalue weighted by Crippen LogP contribution is 2.51. The third-order valence-corrected chi connectivity index (χ3v) is 7.40. The van der Waals surface area contributed by atoms with Crippen LogP contribution in [0.25, 0.3) is 11.3 Å². The Bertz CT molecular complexity index is 1080. The minimum atomic E-state index is 0.586. The Labute approximate surface area is 187 Å². The van der Waals surface area contributed by atoms with Crippen molar-refractivity contribution in [3.8, 4) is 11.3 Å². The number of halogens is 1. The van der Waals surface area contributed by atoms with Gasteiger partial charge < -0.3 is 9.80 Å². The van der Waals surface area contributed by atoms with Crippen LogP contribution in [0, 0.1) is 5.92 Å². The number of benzene rings is 1. The summed E-state index contributed by atoms with van der Waals surface area (Å²) >= 11 is 6.34. The van der Waals surface area contributed by atoms with E-state index in [0.717, 1.165) is 60.5 Å². The molecule has 0 bridgehead atoms. The summed E-state index contributed by atoms with van der Waals surface area (Å²) in [5, 5.41) is 14.0. The molecule has 3 aliphatic rings. The highest BCUT2D eigenvalue weighted by Gasteiger charge is 2.41. The lowest BCUT2D eigenvalue weighted by Crippen LogP contribution is -2.45. The van der Waals surface area contributed by atoms with Gasteiger partial charge in [-0.05, 0) is 67.5 Å². The molecule has 6 nitrogen and oxygen atoms in total. The van der Waals surface area contributed by atoms with Gasteiger partial charge in [0.15, 0.2) is 5.82 Å². The lowest BCUT2D eigenvalue weighted by molar-refractivity contribution is 0.456. The number of hydrogen-bond acceptors (Lipinski definition) is 5. The van der Waals surface area contributed by atoms with Crippen molar-refractivity contribution in [3.05, 3.63) is 53.3 Å². The molecule has 0 spiro atoms. The molecule has 1 aliphatic carbocycles. The maximum atomic E-state index is 6.34. The summed E-state index contributed by atoms with van der Waals surface area (Å²) in [5.74, 6) is 2.49. The first-order valence-electron chi connectivity index (χ1n) is 11.3. The summed E-state index contributed by atoms with van der Waals surface area (Å²) in [5.41, 5.74) is 4.76. The Morgan fingerprint density at radius 3 is 2.52 bits per heavy atom. The lowest BCUT2D eigenvalue weighted by Gasteiger charge is -2.38. The van der Waals surface area contributed by atoms with E-state index >= 15 is 0 Å². The second-order valence-electron chi connectivity index (χ2n) is 9.20. The monoisotopic (exact) mass is 434 g/mol. The third-order valence-electron chi connectivity index (χ3n) is 7.16. The second kappa shape index (κ2) is 7.52. The van der Waals surface area contributed by atoms with Gasteiger partial charge in [0, 0.05) is 61.1 Å². The molecule has 3 aromatic rings. The highest BCUT2D eigenvalue weighted by atomic mass is 35.5. The summed E-state index contributed by atoms with van der Waals surface area (Å²) in [6, 6.07) is 11.2. The molecule has 0 radical (unpaired) electrons. The van der Waals surface area contributed by atoms with Gasteiger partial charge in [0.05, 0.1) is 11.9 Å². The third kappa shape index (κ3) is 3.57. The van der Waals surface area contributed by atoms with Crippen molar-refractivity contribution in [3.63, 3.8) is 0 Å². The molecular formula is C24H27ClN6. The van der Waals surface area contributed by atoms with E-state index in [1.807, 2.05) is 25.5 Å². The molecule has 4 heterocycles. The van der Waals surface area contributed by atoms with E-state index in [2.05, 4.69) is 49.4 Å². The second-order valence-corrected chi connectivity index (χ2v) is 9.63. The fourth-order valence-corrected chi connectivity index (χ4v) is 5.53. The Morgan fingerprint density at radius 2 is 1.84 bits per heavy atom.